The monoisotopic (exact) mass is 311 g/mol. The number of hydrogen-bond donors (Lipinski definition) is 0. The average Bonchev–Trinajstić information content (AvgIpc) is 2.67. The zero-order chi connectivity index (χ0) is 16.6. The van der Waals surface area contributed by atoms with E-state index in [0.29, 0.717) is 17.7 Å². The molecule has 0 N–H and O–H groups in total. The Morgan fingerprint density at radius 2 is 1.50 bits per heavy atom. The van der Waals surface area contributed by atoms with Crippen molar-refractivity contribution in [3.8, 4) is 17.2 Å². The van der Waals surface area contributed by atoms with Crippen molar-refractivity contribution in [3.05, 3.63) is 95.6 Å². The van der Waals surface area contributed by atoms with E-state index in [9.17, 15) is 0 Å². The van der Waals surface area contributed by atoms with Crippen LogP contribution >= 0.6 is 0 Å². The average molecular weight is 311 g/mol. The lowest BCUT2D eigenvalue weighted by Gasteiger charge is -2.03. The Labute approximate surface area is 141 Å². The highest BCUT2D eigenvalue weighted by Crippen LogP contribution is 2.19. The molecule has 0 heterocycles. The van der Waals surface area contributed by atoms with Crippen LogP contribution < -0.4 is 0 Å². The van der Waals surface area contributed by atoms with Crippen LogP contribution in [0.5, 0.6) is 0 Å². The molecule has 0 amide bonds. The Hall–Kier alpha value is -3.38. The van der Waals surface area contributed by atoms with Gasteiger partial charge in [-0.05, 0) is 28.8 Å². The van der Waals surface area contributed by atoms with Gasteiger partial charge in [0, 0.05) is 5.56 Å². The molecule has 0 aliphatic carbocycles. The van der Waals surface area contributed by atoms with E-state index in [2.05, 4.69) is 41.7 Å². The second-order valence-electron chi connectivity index (χ2n) is 5.23. The van der Waals surface area contributed by atoms with Gasteiger partial charge in [-0.1, -0.05) is 71.9 Å². The number of benzene rings is 3. The van der Waals surface area contributed by atoms with Crippen molar-refractivity contribution in [2.45, 2.75) is 6.61 Å². The summed E-state index contributed by atoms with van der Waals surface area (Å²) in [5.41, 5.74) is 4.68. The summed E-state index contributed by atoms with van der Waals surface area (Å²) >= 11 is 0. The highest BCUT2D eigenvalue weighted by Gasteiger charge is 1.98. The van der Waals surface area contributed by atoms with Crippen LogP contribution in [-0.4, -0.2) is 6.21 Å². The maximum absolute atomic E-state index is 8.85. The SMILES string of the molecule is N#Cc1cccc(/[C]=N\OCc2ccc(-c3ccccc3)cc2)c1. The molecule has 3 heteroatoms. The quantitative estimate of drug-likeness (QED) is 0.508. The number of nitrogens with zero attached hydrogens (tertiary/aromatic N) is 2. The molecule has 0 bridgehead atoms. The third kappa shape index (κ3) is 4.08. The maximum Gasteiger partial charge on any atom is 0.142 e. The topological polar surface area (TPSA) is 45.4 Å². The smallest absolute Gasteiger partial charge is 0.142 e. The molecule has 0 saturated heterocycles. The van der Waals surface area contributed by atoms with E-state index in [-0.39, 0.29) is 0 Å². The van der Waals surface area contributed by atoms with Crippen LogP contribution in [0.4, 0.5) is 0 Å². The number of nitriles is 1. The summed E-state index contributed by atoms with van der Waals surface area (Å²) in [7, 11) is 0. The van der Waals surface area contributed by atoms with Gasteiger partial charge >= 0.3 is 0 Å². The van der Waals surface area contributed by atoms with E-state index < -0.39 is 0 Å². The van der Waals surface area contributed by atoms with Gasteiger partial charge in [0.1, 0.15) is 12.8 Å². The molecule has 3 rings (SSSR count). The molecule has 3 aromatic rings. The summed E-state index contributed by atoms with van der Waals surface area (Å²) in [6.45, 7) is 0.375. The van der Waals surface area contributed by atoms with Crippen molar-refractivity contribution >= 4 is 6.21 Å². The summed E-state index contributed by atoms with van der Waals surface area (Å²) in [6, 6.07) is 27.5. The zero-order valence-corrected chi connectivity index (χ0v) is 13.0. The Balaban J connectivity index is 1.57. The fourth-order valence-corrected chi connectivity index (χ4v) is 2.27. The van der Waals surface area contributed by atoms with Crippen LogP contribution in [0.25, 0.3) is 11.1 Å². The van der Waals surface area contributed by atoms with E-state index in [1.54, 1.807) is 18.2 Å². The minimum atomic E-state index is 0.375. The summed E-state index contributed by atoms with van der Waals surface area (Å²) in [5, 5.41) is 12.7. The van der Waals surface area contributed by atoms with Crippen molar-refractivity contribution in [2.75, 3.05) is 0 Å². The molecular formula is C21H15N2O. The molecule has 24 heavy (non-hydrogen) atoms. The summed E-state index contributed by atoms with van der Waals surface area (Å²) in [5.74, 6) is 0. The number of hydrogen-bond acceptors (Lipinski definition) is 3. The van der Waals surface area contributed by atoms with Crippen LogP contribution in [0.15, 0.2) is 84.0 Å². The Morgan fingerprint density at radius 1 is 0.792 bits per heavy atom. The van der Waals surface area contributed by atoms with Gasteiger partial charge in [-0.25, -0.2) is 0 Å². The molecule has 1 radical (unpaired) electrons. The first kappa shape index (κ1) is 15.5. The third-order valence-electron chi connectivity index (χ3n) is 3.52. The molecule has 3 nitrogen and oxygen atoms in total. The van der Waals surface area contributed by atoms with Crippen LogP contribution in [0.3, 0.4) is 0 Å². The second kappa shape index (κ2) is 7.75. The molecule has 3 aromatic carbocycles. The maximum atomic E-state index is 8.85. The van der Waals surface area contributed by atoms with Crippen molar-refractivity contribution in [1.29, 1.82) is 5.26 Å². The minimum Gasteiger partial charge on any atom is -0.390 e. The predicted molar refractivity (Wildman–Crippen MR) is 94.4 cm³/mol. The van der Waals surface area contributed by atoms with Crippen molar-refractivity contribution in [2.24, 2.45) is 5.16 Å². The lowest BCUT2D eigenvalue weighted by atomic mass is 10.0. The van der Waals surface area contributed by atoms with Gasteiger partial charge in [0.15, 0.2) is 0 Å². The summed E-state index contributed by atoms with van der Waals surface area (Å²) < 4.78 is 0. The Bertz CT molecular complexity index is 862. The van der Waals surface area contributed by atoms with E-state index in [1.807, 2.05) is 36.4 Å². The molecule has 0 aliphatic heterocycles. The minimum absolute atomic E-state index is 0.375. The van der Waals surface area contributed by atoms with Gasteiger partial charge < -0.3 is 4.84 Å². The highest BCUT2D eigenvalue weighted by atomic mass is 16.6. The summed E-state index contributed by atoms with van der Waals surface area (Å²) in [6.07, 6.45) is 2.78. The first-order chi connectivity index (χ1) is 11.8. The second-order valence-corrected chi connectivity index (χ2v) is 5.23. The van der Waals surface area contributed by atoms with Gasteiger partial charge in [0.2, 0.25) is 0 Å². The van der Waals surface area contributed by atoms with E-state index >= 15 is 0 Å². The fraction of sp³-hybridized carbons (Fsp3) is 0.0476. The summed E-state index contributed by atoms with van der Waals surface area (Å²) in [4.78, 5) is 5.27. The molecule has 0 fully saturated rings. The first-order valence-electron chi connectivity index (χ1n) is 7.58. The van der Waals surface area contributed by atoms with Gasteiger partial charge in [-0.15, -0.1) is 0 Å². The van der Waals surface area contributed by atoms with E-state index in [1.165, 1.54) is 11.1 Å². The number of rotatable bonds is 5. The lowest BCUT2D eigenvalue weighted by molar-refractivity contribution is 0.132. The molecule has 0 spiro atoms. The van der Waals surface area contributed by atoms with Gasteiger partial charge in [0.25, 0.3) is 0 Å². The van der Waals surface area contributed by atoms with E-state index in [0.717, 1.165) is 5.56 Å². The standard InChI is InChI=1S/C21H15N2O/c22-14-18-5-4-6-19(13-18)15-23-24-16-17-9-11-21(12-10-17)20-7-2-1-3-8-20/h1-13H,16H2. The molecule has 0 unspecified atom stereocenters. The Kier molecular flexibility index (Phi) is 5.01. The largest absolute Gasteiger partial charge is 0.390 e. The van der Waals surface area contributed by atoms with Crippen LogP contribution in [0.2, 0.25) is 0 Å². The molecule has 0 aromatic heterocycles. The fourth-order valence-electron chi connectivity index (χ4n) is 2.27. The first-order valence-corrected chi connectivity index (χ1v) is 7.58. The normalized spacial score (nSPS) is 10.5. The molecule has 115 valence electrons. The van der Waals surface area contributed by atoms with Crippen molar-refractivity contribution in [3.63, 3.8) is 0 Å². The van der Waals surface area contributed by atoms with Crippen LogP contribution in [-0.2, 0) is 11.4 Å². The van der Waals surface area contributed by atoms with Gasteiger partial charge in [-0.2, -0.15) is 5.26 Å². The Morgan fingerprint density at radius 3 is 2.25 bits per heavy atom. The highest BCUT2D eigenvalue weighted by molar-refractivity contribution is 5.79. The predicted octanol–water partition coefficient (Wildman–Crippen LogP) is 4.65. The van der Waals surface area contributed by atoms with Crippen molar-refractivity contribution < 1.29 is 4.84 Å². The third-order valence-corrected chi connectivity index (χ3v) is 3.52. The van der Waals surface area contributed by atoms with E-state index in [4.69, 9.17) is 10.1 Å². The molecule has 0 saturated carbocycles. The lowest BCUT2D eigenvalue weighted by Crippen LogP contribution is -1.89. The van der Waals surface area contributed by atoms with Gasteiger partial charge in [-0.3, -0.25) is 0 Å². The zero-order valence-electron chi connectivity index (χ0n) is 13.0. The van der Waals surface area contributed by atoms with Gasteiger partial charge in [0.05, 0.1) is 11.6 Å². The van der Waals surface area contributed by atoms with Crippen LogP contribution in [0, 0.1) is 11.3 Å². The molecular weight excluding hydrogens is 296 g/mol. The van der Waals surface area contributed by atoms with Crippen molar-refractivity contribution in [1.82, 2.24) is 0 Å². The van der Waals surface area contributed by atoms with Crippen LogP contribution in [0.1, 0.15) is 16.7 Å². The molecule has 0 aliphatic rings. The molecule has 0 atom stereocenters.